The number of sulfone groups is 1. The number of nitrogens with zero attached hydrogens (tertiary/aromatic N) is 4. The van der Waals surface area contributed by atoms with E-state index in [1.54, 1.807) is 24.3 Å². The lowest BCUT2D eigenvalue weighted by Crippen LogP contribution is -2.39. The van der Waals surface area contributed by atoms with E-state index in [4.69, 9.17) is 15.0 Å². The zero-order valence-electron chi connectivity index (χ0n) is 28.5. The van der Waals surface area contributed by atoms with Gasteiger partial charge >= 0.3 is 0 Å². The molecule has 0 spiro atoms. The quantitative estimate of drug-likeness (QED) is 0.164. The summed E-state index contributed by atoms with van der Waals surface area (Å²) < 4.78 is 28.8. The van der Waals surface area contributed by atoms with Crippen LogP contribution in [-0.2, 0) is 15.3 Å². The van der Waals surface area contributed by atoms with Crippen LogP contribution in [0.1, 0.15) is 22.5 Å². The highest BCUT2D eigenvalue weighted by Gasteiger charge is 2.51. The van der Waals surface area contributed by atoms with Gasteiger partial charge in [-0.1, -0.05) is 146 Å². The normalized spacial score (nSPS) is 13.7. The van der Waals surface area contributed by atoms with Crippen LogP contribution in [-0.4, -0.2) is 23.4 Å². The largest absolute Gasteiger partial charge is 0.311 e. The van der Waals surface area contributed by atoms with Crippen molar-refractivity contribution in [3.63, 3.8) is 0 Å². The van der Waals surface area contributed by atoms with Crippen molar-refractivity contribution in [3.05, 3.63) is 217 Å². The Bertz CT molecular complexity index is 2520. The van der Waals surface area contributed by atoms with Gasteiger partial charge in [-0.15, -0.1) is 0 Å². The molecule has 0 atom stereocenters. The fourth-order valence-corrected chi connectivity index (χ4v) is 9.18. The summed E-state index contributed by atoms with van der Waals surface area (Å²) in [5.41, 5.74) is 5.36. The maximum atomic E-state index is 14.4. The molecule has 9 rings (SSSR count). The molecule has 1 aliphatic rings. The lowest BCUT2D eigenvalue weighted by atomic mass is 9.68. The molecule has 6 nitrogen and oxygen atoms in total. The highest BCUT2D eigenvalue weighted by molar-refractivity contribution is 7.91. The maximum absolute atomic E-state index is 14.4. The number of fused-ring (bicyclic) bond motifs is 2. The zero-order valence-corrected chi connectivity index (χ0v) is 29.3. The molecule has 2 heterocycles. The van der Waals surface area contributed by atoms with E-state index >= 15 is 0 Å². The third-order valence-corrected chi connectivity index (χ3v) is 11.7. The number of anilines is 3. The van der Waals surface area contributed by atoms with E-state index in [1.807, 2.05) is 121 Å². The summed E-state index contributed by atoms with van der Waals surface area (Å²) in [4.78, 5) is 18.2. The minimum Gasteiger partial charge on any atom is -0.311 e. The van der Waals surface area contributed by atoms with Crippen LogP contribution in [0.25, 0.3) is 22.8 Å². The number of hydrogen-bond donors (Lipinski definition) is 0. The minimum absolute atomic E-state index is 0.223. The van der Waals surface area contributed by atoms with Crippen molar-refractivity contribution in [2.75, 3.05) is 4.90 Å². The predicted molar refractivity (Wildman–Crippen MR) is 209 cm³/mol. The number of rotatable bonds is 7. The molecule has 0 saturated carbocycles. The van der Waals surface area contributed by atoms with Crippen molar-refractivity contribution in [2.24, 2.45) is 0 Å². The Morgan fingerprint density at radius 1 is 0.396 bits per heavy atom. The molecule has 0 radical (unpaired) electrons. The Kier molecular flexibility index (Phi) is 7.98. The predicted octanol–water partition coefficient (Wildman–Crippen LogP) is 10.2. The molecule has 1 aromatic heterocycles. The Morgan fingerprint density at radius 3 is 1.23 bits per heavy atom. The van der Waals surface area contributed by atoms with E-state index in [1.165, 1.54) is 0 Å². The highest BCUT2D eigenvalue weighted by atomic mass is 32.2. The van der Waals surface area contributed by atoms with Gasteiger partial charge < -0.3 is 4.90 Å². The molecule has 0 amide bonds. The topological polar surface area (TPSA) is 76.1 Å². The summed E-state index contributed by atoms with van der Waals surface area (Å²) in [6.07, 6.45) is 0. The Hall–Kier alpha value is -6.70. The first-order valence-electron chi connectivity index (χ1n) is 17.4. The summed E-state index contributed by atoms with van der Waals surface area (Å²) >= 11 is 0. The van der Waals surface area contributed by atoms with E-state index in [2.05, 4.69) is 53.4 Å². The summed E-state index contributed by atoms with van der Waals surface area (Å²) in [6.45, 7) is 0. The first-order valence-corrected chi connectivity index (χ1v) is 18.9. The molecule has 254 valence electrons. The second-order valence-corrected chi connectivity index (χ2v) is 14.7. The van der Waals surface area contributed by atoms with Crippen LogP contribution >= 0.6 is 0 Å². The Morgan fingerprint density at radius 2 is 0.774 bits per heavy atom. The van der Waals surface area contributed by atoms with Gasteiger partial charge in [0.1, 0.15) is 5.41 Å². The van der Waals surface area contributed by atoms with E-state index in [0.29, 0.717) is 28.6 Å². The Balaban J connectivity index is 1.36. The molecule has 0 unspecified atom stereocenters. The first kappa shape index (κ1) is 32.2. The molecular weight excluding hydrogens is 673 g/mol. The lowest BCUT2D eigenvalue weighted by Gasteiger charge is -2.40. The molecule has 7 aromatic carbocycles. The SMILES string of the molecule is O=S1(=O)c2ccccc2C(c2ccc(N(c3ccccc3)c3ccccc3)cc2)(c2nc(-c3ccccc3)nc(-c3ccccc3)n2)c2ccccc21. The molecule has 0 aliphatic carbocycles. The van der Waals surface area contributed by atoms with Crippen LogP contribution in [0, 0.1) is 0 Å². The minimum atomic E-state index is -3.89. The summed E-state index contributed by atoms with van der Waals surface area (Å²) in [7, 11) is -3.89. The molecule has 8 aromatic rings. The standard InChI is InChI=1S/C46H32N4O2S/c51-53(52)41-27-15-13-25-39(41)46(40-26-14-16-28-42(40)53,45-48-43(33-17-5-1-6-18-33)47-44(49-45)34-19-7-2-8-20-34)35-29-31-38(32-30-35)50(36-21-9-3-10-22-36)37-23-11-4-12-24-37/h1-32H. The molecule has 0 saturated heterocycles. The van der Waals surface area contributed by atoms with Crippen molar-refractivity contribution in [1.82, 2.24) is 15.0 Å². The van der Waals surface area contributed by atoms with Crippen molar-refractivity contribution in [1.29, 1.82) is 0 Å². The molecule has 0 fully saturated rings. The van der Waals surface area contributed by atoms with Crippen LogP contribution in [0.3, 0.4) is 0 Å². The van der Waals surface area contributed by atoms with Crippen LogP contribution in [0.5, 0.6) is 0 Å². The summed E-state index contributed by atoms with van der Waals surface area (Å²) in [5.74, 6) is 1.41. The van der Waals surface area contributed by atoms with Gasteiger partial charge in [-0.25, -0.2) is 23.4 Å². The van der Waals surface area contributed by atoms with Gasteiger partial charge in [0.15, 0.2) is 17.5 Å². The van der Waals surface area contributed by atoms with E-state index in [9.17, 15) is 8.42 Å². The van der Waals surface area contributed by atoms with Gasteiger partial charge in [-0.05, 0) is 65.2 Å². The number of benzene rings is 7. The van der Waals surface area contributed by atoms with Crippen LogP contribution in [0.15, 0.2) is 204 Å². The van der Waals surface area contributed by atoms with Gasteiger partial charge in [0.25, 0.3) is 0 Å². The van der Waals surface area contributed by atoms with E-state index in [0.717, 1.165) is 33.8 Å². The van der Waals surface area contributed by atoms with Crippen LogP contribution in [0.2, 0.25) is 0 Å². The van der Waals surface area contributed by atoms with Gasteiger partial charge in [0, 0.05) is 28.2 Å². The van der Waals surface area contributed by atoms with Gasteiger partial charge in [-0.2, -0.15) is 0 Å². The second kappa shape index (κ2) is 13.1. The fraction of sp³-hybridized carbons (Fsp3) is 0.0217. The summed E-state index contributed by atoms with van der Waals surface area (Å²) in [6, 6.07) is 62.9. The van der Waals surface area contributed by atoms with Gasteiger partial charge in [0.2, 0.25) is 9.84 Å². The third kappa shape index (κ3) is 5.41. The fourth-order valence-electron chi connectivity index (χ4n) is 7.40. The van der Waals surface area contributed by atoms with Crippen molar-refractivity contribution in [3.8, 4) is 22.8 Å². The van der Waals surface area contributed by atoms with Gasteiger partial charge in [0.05, 0.1) is 9.79 Å². The van der Waals surface area contributed by atoms with E-state index < -0.39 is 15.3 Å². The number of aromatic nitrogens is 3. The average Bonchev–Trinajstić information content (AvgIpc) is 3.23. The van der Waals surface area contributed by atoms with E-state index in [-0.39, 0.29) is 9.79 Å². The monoisotopic (exact) mass is 704 g/mol. The smallest absolute Gasteiger partial charge is 0.207 e. The van der Waals surface area contributed by atoms with Crippen molar-refractivity contribution >= 4 is 26.9 Å². The molecule has 1 aliphatic heterocycles. The van der Waals surface area contributed by atoms with Crippen molar-refractivity contribution < 1.29 is 8.42 Å². The maximum Gasteiger partial charge on any atom is 0.207 e. The second-order valence-electron chi connectivity index (χ2n) is 12.8. The number of hydrogen-bond acceptors (Lipinski definition) is 6. The number of para-hydroxylation sites is 2. The molecular formula is C46H32N4O2S. The third-order valence-electron chi connectivity index (χ3n) is 9.78. The first-order chi connectivity index (χ1) is 26.0. The molecule has 53 heavy (non-hydrogen) atoms. The molecule has 7 heteroatoms. The lowest BCUT2D eigenvalue weighted by molar-refractivity contribution is 0.571. The summed E-state index contributed by atoms with van der Waals surface area (Å²) in [5, 5.41) is 0. The zero-order chi connectivity index (χ0) is 35.8. The highest BCUT2D eigenvalue weighted by Crippen LogP contribution is 2.53. The van der Waals surface area contributed by atoms with Crippen LogP contribution in [0.4, 0.5) is 17.1 Å². The van der Waals surface area contributed by atoms with Gasteiger partial charge in [-0.3, -0.25) is 0 Å². The van der Waals surface area contributed by atoms with Crippen molar-refractivity contribution in [2.45, 2.75) is 15.2 Å². The van der Waals surface area contributed by atoms with Crippen LogP contribution < -0.4 is 4.90 Å². The molecule has 0 N–H and O–H groups in total. The average molecular weight is 705 g/mol. The molecule has 0 bridgehead atoms. The Labute approximate surface area is 308 Å².